The first kappa shape index (κ1) is 12.4. The second-order valence-electron chi connectivity index (χ2n) is 6.42. The highest BCUT2D eigenvalue weighted by Gasteiger charge is 2.41. The van der Waals surface area contributed by atoms with E-state index in [2.05, 4.69) is 25.7 Å². The molecule has 2 N–H and O–H groups in total. The van der Waals surface area contributed by atoms with Gasteiger partial charge in [0.2, 0.25) is 0 Å². The van der Waals surface area contributed by atoms with E-state index in [-0.39, 0.29) is 0 Å². The van der Waals surface area contributed by atoms with Crippen LogP contribution >= 0.6 is 0 Å². The smallest absolute Gasteiger partial charge is 0.0255 e. The molecule has 2 fully saturated rings. The average Bonchev–Trinajstić information content (AvgIpc) is 2.70. The fourth-order valence-electron chi connectivity index (χ4n) is 3.74. The molecule has 0 aromatic rings. The summed E-state index contributed by atoms with van der Waals surface area (Å²) in [6, 6.07) is 1.83. The van der Waals surface area contributed by atoms with Crippen LogP contribution in [0.5, 0.6) is 0 Å². The van der Waals surface area contributed by atoms with E-state index < -0.39 is 0 Å². The van der Waals surface area contributed by atoms with E-state index in [9.17, 15) is 0 Å². The lowest BCUT2D eigenvalue weighted by atomic mass is 9.70. The Labute approximate surface area is 101 Å². The summed E-state index contributed by atoms with van der Waals surface area (Å²) in [5.74, 6) is 0. The van der Waals surface area contributed by atoms with Gasteiger partial charge in [0.25, 0.3) is 0 Å². The number of hydrogen-bond donors (Lipinski definition) is 1. The van der Waals surface area contributed by atoms with Crippen molar-refractivity contribution in [1.82, 2.24) is 4.90 Å². The highest BCUT2D eigenvalue weighted by Crippen LogP contribution is 2.38. The highest BCUT2D eigenvalue weighted by atomic mass is 15.2. The van der Waals surface area contributed by atoms with Crippen LogP contribution in [-0.2, 0) is 0 Å². The van der Waals surface area contributed by atoms with Crippen LogP contribution in [0.1, 0.15) is 59.3 Å². The normalized spacial score (nSPS) is 40.1. The quantitative estimate of drug-likeness (QED) is 0.781. The third kappa shape index (κ3) is 2.14. The maximum absolute atomic E-state index is 6.51. The number of nitrogens with zero attached hydrogens (tertiary/aromatic N) is 1. The topological polar surface area (TPSA) is 29.3 Å². The van der Waals surface area contributed by atoms with Crippen molar-refractivity contribution in [3.63, 3.8) is 0 Å². The number of likely N-dealkylation sites (tertiary alicyclic amines) is 1. The van der Waals surface area contributed by atoms with Gasteiger partial charge in [-0.05, 0) is 44.1 Å². The molecule has 2 heteroatoms. The fraction of sp³-hybridized carbons (Fsp3) is 1.00. The molecule has 0 bridgehead atoms. The Balaban J connectivity index is 2.08. The van der Waals surface area contributed by atoms with E-state index in [1.807, 2.05) is 0 Å². The minimum absolute atomic E-state index is 0.337. The van der Waals surface area contributed by atoms with Gasteiger partial charge in [0.05, 0.1) is 0 Å². The molecule has 0 aromatic carbocycles. The minimum atomic E-state index is 0.337. The zero-order valence-electron chi connectivity index (χ0n) is 11.2. The van der Waals surface area contributed by atoms with Gasteiger partial charge in [0.1, 0.15) is 0 Å². The molecule has 3 unspecified atom stereocenters. The van der Waals surface area contributed by atoms with Crippen LogP contribution in [0.15, 0.2) is 0 Å². The lowest BCUT2D eigenvalue weighted by molar-refractivity contribution is 0.0587. The molecule has 16 heavy (non-hydrogen) atoms. The predicted octanol–water partition coefficient (Wildman–Crippen LogP) is 2.77. The summed E-state index contributed by atoms with van der Waals surface area (Å²) in [7, 11) is 0. The first-order valence-corrected chi connectivity index (χ1v) is 7.07. The average molecular weight is 224 g/mol. The van der Waals surface area contributed by atoms with Crippen molar-refractivity contribution >= 4 is 0 Å². The Morgan fingerprint density at radius 1 is 1.25 bits per heavy atom. The number of hydrogen-bond acceptors (Lipinski definition) is 2. The standard InChI is InChI=1S/C14H28N2/c1-4-11-7-6-10-16(11)12-8-5-9-14(2,3)13(12)15/h11-13H,4-10,15H2,1-3H3. The molecule has 0 amide bonds. The summed E-state index contributed by atoms with van der Waals surface area (Å²) in [6.45, 7) is 8.30. The van der Waals surface area contributed by atoms with Gasteiger partial charge >= 0.3 is 0 Å². The summed E-state index contributed by atoms with van der Waals surface area (Å²) >= 11 is 0. The maximum atomic E-state index is 6.51. The van der Waals surface area contributed by atoms with E-state index in [1.165, 1.54) is 45.1 Å². The van der Waals surface area contributed by atoms with Crippen LogP contribution in [0.2, 0.25) is 0 Å². The molecule has 1 saturated carbocycles. The molecular formula is C14H28N2. The third-order valence-corrected chi connectivity index (χ3v) is 4.96. The first-order chi connectivity index (χ1) is 7.56. The Kier molecular flexibility index (Phi) is 3.60. The first-order valence-electron chi connectivity index (χ1n) is 7.07. The summed E-state index contributed by atoms with van der Waals surface area (Å²) < 4.78 is 0. The van der Waals surface area contributed by atoms with Gasteiger partial charge in [-0.15, -0.1) is 0 Å². The van der Waals surface area contributed by atoms with Gasteiger partial charge in [0.15, 0.2) is 0 Å². The molecule has 1 heterocycles. The monoisotopic (exact) mass is 224 g/mol. The van der Waals surface area contributed by atoms with Crippen LogP contribution in [0.4, 0.5) is 0 Å². The van der Waals surface area contributed by atoms with Crippen LogP contribution in [0.25, 0.3) is 0 Å². The lowest BCUT2D eigenvalue weighted by Crippen LogP contribution is -2.57. The molecule has 2 aliphatic rings. The Hall–Kier alpha value is -0.0800. The molecule has 1 aliphatic heterocycles. The van der Waals surface area contributed by atoms with Crippen LogP contribution < -0.4 is 5.73 Å². The molecule has 1 saturated heterocycles. The summed E-state index contributed by atoms with van der Waals surface area (Å²) in [5.41, 5.74) is 6.85. The molecule has 0 radical (unpaired) electrons. The van der Waals surface area contributed by atoms with Gasteiger partial charge in [-0.2, -0.15) is 0 Å². The summed E-state index contributed by atoms with van der Waals surface area (Å²) in [6.07, 6.45) is 8.04. The van der Waals surface area contributed by atoms with Crippen molar-refractivity contribution in [1.29, 1.82) is 0 Å². The summed E-state index contributed by atoms with van der Waals surface area (Å²) in [5, 5.41) is 0. The van der Waals surface area contributed by atoms with Gasteiger partial charge in [-0.3, -0.25) is 4.90 Å². The highest BCUT2D eigenvalue weighted by molar-refractivity contribution is 4.98. The SMILES string of the molecule is CCC1CCCN1C1CCCC(C)(C)C1N. The second-order valence-corrected chi connectivity index (χ2v) is 6.42. The van der Waals surface area contributed by atoms with E-state index >= 15 is 0 Å². The number of nitrogens with two attached hydrogens (primary N) is 1. The van der Waals surface area contributed by atoms with Gasteiger partial charge < -0.3 is 5.73 Å². The molecule has 0 spiro atoms. The van der Waals surface area contributed by atoms with E-state index in [0.29, 0.717) is 17.5 Å². The van der Waals surface area contributed by atoms with Crippen molar-refractivity contribution in [2.24, 2.45) is 11.1 Å². The predicted molar refractivity (Wildman–Crippen MR) is 69.4 cm³/mol. The molecule has 0 aromatic heterocycles. The van der Waals surface area contributed by atoms with Crippen molar-refractivity contribution in [2.75, 3.05) is 6.54 Å². The molecule has 2 nitrogen and oxygen atoms in total. The molecule has 3 atom stereocenters. The largest absolute Gasteiger partial charge is 0.326 e. The van der Waals surface area contributed by atoms with Crippen molar-refractivity contribution in [2.45, 2.75) is 77.4 Å². The number of rotatable bonds is 2. The van der Waals surface area contributed by atoms with Gasteiger partial charge in [-0.25, -0.2) is 0 Å². The van der Waals surface area contributed by atoms with Crippen molar-refractivity contribution in [3.05, 3.63) is 0 Å². The van der Waals surface area contributed by atoms with Crippen LogP contribution in [0, 0.1) is 5.41 Å². The Morgan fingerprint density at radius 2 is 2.00 bits per heavy atom. The second kappa shape index (κ2) is 4.66. The molecule has 2 rings (SSSR count). The lowest BCUT2D eigenvalue weighted by Gasteiger charge is -2.47. The Bertz CT molecular complexity index is 237. The van der Waals surface area contributed by atoms with Crippen molar-refractivity contribution in [3.8, 4) is 0 Å². The third-order valence-electron chi connectivity index (χ3n) is 4.96. The summed E-state index contributed by atoms with van der Waals surface area (Å²) in [4.78, 5) is 2.73. The zero-order valence-corrected chi connectivity index (χ0v) is 11.2. The van der Waals surface area contributed by atoms with Gasteiger partial charge in [0, 0.05) is 18.1 Å². The van der Waals surface area contributed by atoms with E-state index in [1.54, 1.807) is 0 Å². The van der Waals surface area contributed by atoms with E-state index in [0.717, 1.165) is 6.04 Å². The minimum Gasteiger partial charge on any atom is -0.326 e. The van der Waals surface area contributed by atoms with E-state index in [4.69, 9.17) is 5.73 Å². The van der Waals surface area contributed by atoms with Crippen LogP contribution in [-0.4, -0.2) is 29.6 Å². The van der Waals surface area contributed by atoms with Crippen molar-refractivity contribution < 1.29 is 0 Å². The molecule has 94 valence electrons. The molecular weight excluding hydrogens is 196 g/mol. The fourth-order valence-corrected chi connectivity index (χ4v) is 3.74. The van der Waals surface area contributed by atoms with Gasteiger partial charge in [-0.1, -0.05) is 27.2 Å². The van der Waals surface area contributed by atoms with Crippen LogP contribution in [0.3, 0.4) is 0 Å². The Morgan fingerprint density at radius 3 is 2.69 bits per heavy atom. The maximum Gasteiger partial charge on any atom is 0.0255 e. The zero-order chi connectivity index (χ0) is 11.8. The molecule has 1 aliphatic carbocycles.